The summed E-state index contributed by atoms with van der Waals surface area (Å²) >= 11 is 0. The van der Waals surface area contributed by atoms with Gasteiger partial charge in [-0.05, 0) is 63.6 Å². The molecule has 0 bridgehead atoms. The lowest BCUT2D eigenvalue weighted by atomic mass is 9.98. The Morgan fingerprint density at radius 3 is 2.39 bits per heavy atom. The Bertz CT molecular complexity index is 830. The molecule has 184 valence electrons. The molecule has 0 aliphatic heterocycles. The van der Waals surface area contributed by atoms with Crippen LogP contribution in [0.3, 0.4) is 0 Å². The van der Waals surface area contributed by atoms with Crippen molar-refractivity contribution >= 4 is 17.9 Å². The van der Waals surface area contributed by atoms with Crippen molar-refractivity contribution in [3.63, 3.8) is 0 Å². The number of nitrogens with zero attached hydrogens (tertiary/aromatic N) is 1. The Morgan fingerprint density at radius 2 is 1.88 bits per heavy atom. The zero-order chi connectivity index (χ0) is 24.8. The second-order valence-corrected chi connectivity index (χ2v) is 9.99. The van der Waals surface area contributed by atoms with Gasteiger partial charge in [-0.1, -0.05) is 39.3 Å². The molecule has 8 heteroatoms. The average molecular weight is 462 g/mol. The molecule has 8 nitrogen and oxygen atoms in total. The molecule has 0 spiro atoms. The Hall–Kier alpha value is -2.77. The minimum absolute atomic E-state index is 0.0225. The molecule has 2 rings (SSSR count). The number of phenols is 1. The summed E-state index contributed by atoms with van der Waals surface area (Å²) in [6.07, 6.45) is 2.63. The molecular formula is C25H39N3O5. The molecule has 0 saturated heterocycles. The molecule has 33 heavy (non-hydrogen) atoms. The molecule has 3 amide bonds. The highest BCUT2D eigenvalue weighted by Crippen LogP contribution is 2.36. The van der Waals surface area contributed by atoms with E-state index in [1.165, 1.54) is 12.1 Å². The number of hydrogen-bond acceptors (Lipinski definition) is 5. The van der Waals surface area contributed by atoms with Gasteiger partial charge in [-0.25, -0.2) is 4.79 Å². The van der Waals surface area contributed by atoms with Gasteiger partial charge < -0.3 is 25.4 Å². The Labute approximate surface area is 197 Å². The molecular weight excluding hydrogens is 422 g/mol. The lowest BCUT2D eigenvalue weighted by molar-refractivity contribution is -0.144. The van der Waals surface area contributed by atoms with Crippen LogP contribution in [0.4, 0.5) is 4.79 Å². The number of nitrogens with one attached hydrogen (secondary N) is 2. The number of unbranched alkanes of at least 4 members (excludes halogenated alkanes) is 1. The molecule has 3 N–H and O–H groups in total. The Kier molecular flexibility index (Phi) is 9.14. The summed E-state index contributed by atoms with van der Waals surface area (Å²) in [6.45, 7) is 11.5. The number of aromatic hydroxyl groups is 1. The summed E-state index contributed by atoms with van der Waals surface area (Å²) < 4.78 is 5.37. The van der Waals surface area contributed by atoms with Crippen LogP contribution in [0.2, 0.25) is 0 Å². The van der Waals surface area contributed by atoms with E-state index in [1.54, 1.807) is 37.8 Å². The maximum Gasteiger partial charge on any atom is 0.408 e. The normalized spacial score (nSPS) is 15.5. The molecule has 1 aromatic rings. The van der Waals surface area contributed by atoms with Gasteiger partial charge in [0.05, 0.1) is 0 Å². The first-order valence-electron chi connectivity index (χ1n) is 11.8. The minimum Gasteiger partial charge on any atom is -0.508 e. The number of alkyl carbamates (subject to hydrolysis) is 1. The van der Waals surface area contributed by atoms with Crippen molar-refractivity contribution in [2.45, 2.75) is 91.0 Å². The topological polar surface area (TPSA) is 108 Å². The summed E-state index contributed by atoms with van der Waals surface area (Å²) in [7, 11) is 0. The number of benzene rings is 1. The van der Waals surface area contributed by atoms with Crippen LogP contribution in [-0.4, -0.2) is 52.1 Å². The van der Waals surface area contributed by atoms with E-state index < -0.39 is 23.8 Å². The molecule has 2 unspecified atom stereocenters. The second kappa shape index (κ2) is 11.4. The fourth-order valence-corrected chi connectivity index (χ4v) is 3.60. The second-order valence-electron chi connectivity index (χ2n) is 9.99. The highest BCUT2D eigenvalue weighted by Gasteiger charge is 2.44. The standard InChI is InChI=1S/C25H39N3O5/c1-7-8-14-26-22(30)21(17-10-9-11-19(29)15-17)28(18-12-13-18)23(31)20(16(2)3)27-24(32)33-25(4,5)6/h9-11,15-16,18,20-21,29H,7-8,12-14H2,1-6H3,(H,26,30)(H,27,32). The van der Waals surface area contributed by atoms with E-state index >= 15 is 0 Å². The van der Waals surface area contributed by atoms with Crippen molar-refractivity contribution in [3.05, 3.63) is 29.8 Å². The minimum atomic E-state index is -0.907. The van der Waals surface area contributed by atoms with Crippen LogP contribution >= 0.6 is 0 Å². The van der Waals surface area contributed by atoms with E-state index in [0.717, 1.165) is 25.7 Å². The predicted molar refractivity (Wildman–Crippen MR) is 127 cm³/mol. The molecule has 1 fully saturated rings. The lowest BCUT2D eigenvalue weighted by Crippen LogP contribution is -2.55. The lowest BCUT2D eigenvalue weighted by Gasteiger charge is -2.35. The fraction of sp³-hybridized carbons (Fsp3) is 0.640. The van der Waals surface area contributed by atoms with Crippen LogP contribution in [0, 0.1) is 5.92 Å². The summed E-state index contributed by atoms with van der Waals surface area (Å²) in [4.78, 5) is 41.2. The molecule has 2 atom stereocenters. The number of ether oxygens (including phenoxy) is 1. The fourth-order valence-electron chi connectivity index (χ4n) is 3.60. The first-order valence-corrected chi connectivity index (χ1v) is 11.8. The average Bonchev–Trinajstić information content (AvgIpc) is 3.53. The van der Waals surface area contributed by atoms with Crippen LogP contribution in [0.5, 0.6) is 5.75 Å². The van der Waals surface area contributed by atoms with Crippen molar-refractivity contribution in [2.75, 3.05) is 6.54 Å². The maximum absolute atomic E-state index is 13.8. The van der Waals surface area contributed by atoms with Gasteiger partial charge in [-0.2, -0.15) is 0 Å². The number of phenolic OH excluding ortho intramolecular Hbond substituents is 1. The van der Waals surface area contributed by atoms with Gasteiger partial charge in [-0.15, -0.1) is 0 Å². The predicted octanol–water partition coefficient (Wildman–Crippen LogP) is 3.89. The van der Waals surface area contributed by atoms with E-state index in [9.17, 15) is 19.5 Å². The van der Waals surface area contributed by atoms with Crippen molar-refractivity contribution in [1.29, 1.82) is 0 Å². The largest absolute Gasteiger partial charge is 0.508 e. The smallest absolute Gasteiger partial charge is 0.408 e. The van der Waals surface area contributed by atoms with Gasteiger partial charge in [0.25, 0.3) is 0 Å². The summed E-state index contributed by atoms with van der Waals surface area (Å²) in [6, 6.07) is 4.56. The van der Waals surface area contributed by atoms with Crippen molar-refractivity contribution in [2.24, 2.45) is 5.92 Å². The van der Waals surface area contributed by atoms with Gasteiger partial charge in [-0.3, -0.25) is 9.59 Å². The van der Waals surface area contributed by atoms with Crippen molar-refractivity contribution in [3.8, 4) is 5.75 Å². The van der Waals surface area contributed by atoms with E-state index in [4.69, 9.17) is 4.74 Å². The van der Waals surface area contributed by atoms with Crippen LogP contribution < -0.4 is 10.6 Å². The molecule has 0 radical (unpaired) electrons. The Balaban J connectivity index is 2.38. The van der Waals surface area contributed by atoms with Crippen LogP contribution in [0.15, 0.2) is 24.3 Å². The van der Waals surface area contributed by atoms with Crippen LogP contribution in [-0.2, 0) is 14.3 Å². The SMILES string of the molecule is CCCCNC(=O)C(c1cccc(O)c1)N(C(=O)C(NC(=O)OC(C)(C)C)C(C)C)C1CC1. The zero-order valence-corrected chi connectivity index (χ0v) is 20.7. The third-order valence-electron chi connectivity index (χ3n) is 5.34. The monoisotopic (exact) mass is 461 g/mol. The van der Waals surface area contributed by atoms with Crippen LogP contribution in [0.25, 0.3) is 0 Å². The summed E-state index contributed by atoms with van der Waals surface area (Å²) in [5, 5.41) is 15.7. The Morgan fingerprint density at radius 1 is 1.21 bits per heavy atom. The highest BCUT2D eigenvalue weighted by molar-refractivity contribution is 5.92. The van der Waals surface area contributed by atoms with Gasteiger partial charge in [0.15, 0.2) is 0 Å². The zero-order valence-electron chi connectivity index (χ0n) is 20.7. The summed E-state index contributed by atoms with van der Waals surface area (Å²) in [5.74, 6) is -0.833. The van der Waals surface area contributed by atoms with E-state index in [1.807, 2.05) is 20.8 Å². The van der Waals surface area contributed by atoms with Crippen molar-refractivity contribution in [1.82, 2.24) is 15.5 Å². The van der Waals surface area contributed by atoms with Crippen molar-refractivity contribution < 1.29 is 24.2 Å². The van der Waals surface area contributed by atoms with E-state index in [-0.39, 0.29) is 29.5 Å². The molecule has 1 aliphatic rings. The number of carbonyl (C=O) groups excluding carboxylic acids is 3. The number of carbonyl (C=O) groups is 3. The van der Waals surface area contributed by atoms with E-state index in [0.29, 0.717) is 12.1 Å². The first-order chi connectivity index (χ1) is 15.4. The van der Waals surface area contributed by atoms with E-state index in [2.05, 4.69) is 10.6 Å². The first kappa shape index (κ1) is 26.5. The number of amides is 3. The molecule has 1 aromatic carbocycles. The quantitative estimate of drug-likeness (QED) is 0.458. The van der Waals surface area contributed by atoms with Gasteiger partial charge >= 0.3 is 6.09 Å². The molecule has 0 heterocycles. The summed E-state index contributed by atoms with van der Waals surface area (Å²) in [5.41, 5.74) is -0.169. The number of rotatable bonds is 10. The third-order valence-corrected chi connectivity index (χ3v) is 5.34. The molecule has 1 saturated carbocycles. The molecule has 1 aliphatic carbocycles. The van der Waals surface area contributed by atoms with Gasteiger partial charge in [0, 0.05) is 12.6 Å². The van der Waals surface area contributed by atoms with Gasteiger partial charge in [0.1, 0.15) is 23.4 Å². The number of hydrogen-bond donors (Lipinski definition) is 3. The van der Waals surface area contributed by atoms with Crippen LogP contribution in [0.1, 0.15) is 78.8 Å². The maximum atomic E-state index is 13.8. The molecule has 0 aromatic heterocycles. The highest BCUT2D eigenvalue weighted by atomic mass is 16.6. The van der Waals surface area contributed by atoms with Gasteiger partial charge in [0.2, 0.25) is 11.8 Å². The third kappa shape index (κ3) is 7.94.